The van der Waals surface area contributed by atoms with Crippen molar-refractivity contribution in [3.05, 3.63) is 36.1 Å². The molecule has 1 aliphatic heterocycles. The van der Waals surface area contributed by atoms with Crippen LogP contribution in [-0.4, -0.2) is 6.54 Å². The summed E-state index contributed by atoms with van der Waals surface area (Å²) in [6.45, 7) is 3.42. The molecule has 0 unspecified atom stereocenters. The predicted octanol–water partition coefficient (Wildman–Crippen LogP) is 6.68. The van der Waals surface area contributed by atoms with Crippen LogP contribution in [0.3, 0.4) is 0 Å². The molecule has 0 bridgehead atoms. The summed E-state index contributed by atoms with van der Waals surface area (Å²) in [6, 6.07) is 0. The van der Waals surface area contributed by atoms with Crippen LogP contribution in [0.15, 0.2) is 36.1 Å². The topological polar surface area (TPSA) is 12.0 Å². The van der Waals surface area contributed by atoms with Crippen molar-refractivity contribution in [3.63, 3.8) is 0 Å². The Kier molecular flexibility index (Phi) is 12.9. The number of hydrogen-bond acceptors (Lipinski definition) is 1. The molecule has 1 nitrogen and oxygen atoms in total. The summed E-state index contributed by atoms with van der Waals surface area (Å²) in [5.74, 6) is 0. The standard InChI is InChI=1S/C21H37N/c1-2-3-4-5-6-7-8-9-10-11-12-13-14-15-16-18-21-19-17-20-22-21/h6-7,9-10,19,22H,2-5,8,11-18,20H2,1H3/b7-6-,10-9-. The van der Waals surface area contributed by atoms with E-state index in [4.69, 9.17) is 0 Å². The van der Waals surface area contributed by atoms with Gasteiger partial charge in [0.25, 0.3) is 0 Å². The van der Waals surface area contributed by atoms with Crippen molar-refractivity contribution in [1.82, 2.24) is 5.32 Å². The van der Waals surface area contributed by atoms with Gasteiger partial charge >= 0.3 is 0 Å². The summed E-state index contributed by atoms with van der Waals surface area (Å²) in [6.07, 6.45) is 28.8. The van der Waals surface area contributed by atoms with Crippen molar-refractivity contribution in [1.29, 1.82) is 0 Å². The van der Waals surface area contributed by atoms with Gasteiger partial charge in [0, 0.05) is 12.2 Å². The first kappa shape index (κ1) is 19.1. The monoisotopic (exact) mass is 303 g/mol. The number of unbranched alkanes of at least 4 members (excludes halogenated alkanes) is 8. The maximum atomic E-state index is 3.45. The lowest BCUT2D eigenvalue weighted by Crippen LogP contribution is -2.06. The van der Waals surface area contributed by atoms with Gasteiger partial charge in [-0.2, -0.15) is 0 Å². The van der Waals surface area contributed by atoms with Crippen molar-refractivity contribution >= 4 is 0 Å². The minimum Gasteiger partial charge on any atom is -0.388 e. The van der Waals surface area contributed by atoms with Crippen molar-refractivity contribution in [3.8, 4) is 0 Å². The molecular weight excluding hydrogens is 266 g/mol. The van der Waals surface area contributed by atoms with Gasteiger partial charge in [0.1, 0.15) is 0 Å². The first-order valence-electron chi connectivity index (χ1n) is 9.66. The minimum atomic E-state index is 1.12. The second kappa shape index (κ2) is 14.9. The molecule has 0 aliphatic carbocycles. The molecule has 0 aromatic rings. The van der Waals surface area contributed by atoms with E-state index in [0.717, 1.165) is 13.0 Å². The highest BCUT2D eigenvalue weighted by molar-refractivity contribution is 5.05. The van der Waals surface area contributed by atoms with Crippen LogP contribution in [0.5, 0.6) is 0 Å². The second-order valence-electron chi connectivity index (χ2n) is 6.43. The molecule has 0 amide bonds. The highest BCUT2D eigenvalue weighted by Gasteiger charge is 2.01. The normalized spacial score (nSPS) is 14.9. The van der Waals surface area contributed by atoms with Crippen molar-refractivity contribution in [2.45, 2.75) is 90.4 Å². The van der Waals surface area contributed by atoms with Gasteiger partial charge in [0.15, 0.2) is 0 Å². The molecule has 0 aromatic carbocycles. The summed E-state index contributed by atoms with van der Waals surface area (Å²) in [4.78, 5) is 0. The first-order valence-corrected chi connectivity index (χ1v) is 9.66. The van der Waals surface area contributed by atoms with E-state index in [2.05, 4.69) is 42.6 Å². The number of allylic oxidation sites excluding steroid dienone is 5. The fraction of sp³-hybridized carbons (Fsp3) is 0.714. The summed E-state index contributed by atoms with van der Waals surface area (Å²) >= 11 is 0. The minimum absolute atomic E-state index is 1.12. The van der Waals surface area contributed by atoms with Crippen LogP contribution in [0.4, 0.5) is 0 Å². The van der Waals surface area contributed by atoms with E-state index >= 15 is 0 Å². The summed E-state index contributed by atoms with van der Waals surface area (Å²) < 4.78 is 0. The predicted molar refractivity (Wildman–Crippen MR) is 100 cm³/mol. The fourth-order valence-corrected chi connectivity index (χ4v) is 2.87. The molecule has 0 atom stereocenters. The van der Waals surface area contributed by atoms with E-state index in [1.54, 1.807) is 0 Å². The van der Waals surface area contributed by atoms with Gasteiger partial charge < -0.3 is 5.32 Å². The molecule has 0 saturated carbocycles. The molecule has 1 N–H and O–H groups in total. The lowest BCUT2D eigenvalue weighted by molar-refractivity contribution is 0.608. The van der Waals surface area contributed by atoms with Crippen molar-refractivity contribution < 1.29 is 0 Å². The molecule has 1 rings (SSSR count). The zero-order valence-electron chi connectivity index (χ0n) is 14.8. The molecule has 0 saturated heterocycles. The molecule has 0 radical (unpaired) electrons. The van der Waals surface area contributed by atoms with Crippen LogP contribution in [0.2, 0.25) is 0 Å². The van der Waals surface area contributed by atoms with Crippen LogP contribution in [0.25, 0.3) is 0 Å². The molecule has 1 heterocycles. The third kappa shape index (κ3) is 11.7. The maximum Gasteiger partial charge on any atom is 0.0179 e. The van der Waals surface area contributed by atoms with Gasteiger partial charge in [0.2, 0.25) is 0 Å². The van der Waals surface area contributed by atoms with E-state index in [1.165, 1.54) is 82.7 Å². The van der Waals surface area contributed by atoms with Gasteiger partial charge in [-0.25, -0.2) is 0 Å². The van der Waals surface area contributed by atoms with Gasteiger partial charge in [0.05, 0.1) is 0 Å². The third-order valence-electron chi connectivity index (χ3n) is 4.28. The Hall–Kier alpha value is -0.980. The average Bonchev–Trinajstić information content (AvgIpc) is 3.04. The SMILES string of the molecule is CCCCC/C=C\C/C=C\CCCCCCCC1=CCCN1. The first-order chi connectivity index (χ1) is 10.9. The van der Waals surface area contributed by atoms with Crippen molar-refractivity contribution in [2.24, 2.45) is 0 Å². The van der Waals surface area contributed by atoms with Crippen LogP contribution in [0, 0.1) is 0 Å². The number of nitrogens with one attached hydrogen (secondary N) is 1. The lowest BCUT2D eigenvalue weighted by atomic mass is 10.1. The van der Waals surface area contributed by atoms with Gasteiger partial charge in [-0.05, 0) is 51.4 Å². The average molecular weight is 304 g/mol. The molecule has 0 spiro atoms. The molecule has 0 fully saturated rings. The Bertz CT molecular complexity index is 325. The highest BCUT2D eigenvalue weighted by atomic mass is 14.9. The smallest absolute Gasteiger partial charge is 0.0179 e. The Morgan fingerprint density at radius 2 is 1.55 bits per heavy atom. The second-order valence-corrected chi connectivity index (χ2v) is 6.43. The van der Waals surface area contributed by atoms with E-state index in [-0.39, 0.29) is 0 Å². The molecule has 1 heteroatoms. The molecule has 22 heavy (non-hydrogen) atoms. The Labute approximate surface area is 139 Å². The Balaban J connectivity index is 1.77. The quantitative estimate of drug-likeness (QED) is 0.279. The van der Waals surface area contributed by atoms with Crippen LogP contribution in [0.1, 0.15) is 90.4 Å². The summed E-state index contributed by atoms with van der Waals surface area (Å²) in [5, 5.41) is 3.45. The third-order valence-corrected chi connectivity index (χ3v) is 4.28. The lowest BCUT2D eigenvalue weighted by Gasteiger charge is -2.03. The molecular formula is C21H37N. The zero-order valence-corrected chi connectivity index (χ0v) is 14.8. The molecule has 0 aromatic heterocycles. The fourth-order valence-electron chi connectivity index (χ4n) is 2.87. The number of rotatable bonds is 14. The van der Waals surface area contributed by atoms with E-state index in [0.29, 0.717) is 0 Å². The molecule has 1 aliphatic rings. The van der Waals surface area contributed by atoms with E-state index in [1.807, 2.05) is 0 Å². The summed E-state index contributed by atoms with van der Waals surface area (Å²) in [7, 11) is 0. The van der Waals surface area contributed by atoms with Crippen LogP contribution < -0.4 is 5.32 Å². The Morgan fingerprint density at radius 1 is 0.864 bits per heavy atom. The highest BCUT2D eigenvalue weighted by Crippen LogP contribution is 2.13. The molecule has 126 valence electrons. The van der Waals surface area contributed by atoms with Crippen LogP contribution >= 0.6 is 0 Å². The van der Waals surface area contributed by atoms with E-state index in [9.17, 15) is 0 Å². The number of hydrogen-bond donors (Lipinski definition) is 1. The van der Waals surface area contributed by atoms with Gasteiger partial charge in [-0.15, -0.1) is 0 Å². The maximum absolute atomic E-state index is 3.45. The Morgan fingerprint density at radius 3 is 2.23 bits per heavy atom. The van der Waals surface area contributed by atoms with Gasteiger partial charge in [-0.1, -0.05) is 69.4 Å². The van der Waals surface area contributed by atoms with Crippen molar-refractivity contribution in [2.75, 3.05) is 6.54 Å². The largest absolute Gasteiger partial charge is 0.388 e. The zero-order chi connectivity index (χ0) is 15.7. The van der Waals surface area contributed by atoms with E-state index < -0.39 is 0 Å². The van der Waals surface area contributed by atoms with Gasteiger partial charge in [-0.3, -0.25) is 0 Å². The summed E-state index contributed by atoms with van der Waals surface area (Å²) in [5.41, 5.74) is 1.49. The van der Waals surface area contributed by atoms with Crippen LogP contribution in [-0.2, 0) is 0 Å².